The molecule has 6 heteroatoms. The van der Waals surface area contributed by atoms with Crippen LogP contribution in [0.15, 0.2) is 42.5 Å². The van der Waals surface area contributed by atoms with Crippen molar-refractivity contribution in [3.8, 4) is 11.5 Å². The van der Waals surface area contributed by atoms with E-state index in [1.54, 1.807) is 30.3 Å². The zero-order valence-corrected chi connectivity index (χ0v) is 15.6. The predicted molar refractivity (Wildman–Crippen MR) is 102 cm³/mol. The number of ether oxygens (including phenoxy) is 2. The summed E-state index contributed by atoms with van der Waals surface area (Å²) < 4.78 is 11.1. The zero-order chi connectivity index (χ0) is 18.1. The summed E-state index contributed by atoms with van der Waals surface area (Å²) in [5.41, 5.74) is 0.496. The Bertz CT molecular complexity index is 690. The molecule has 0 aliphatic heterocycles. The van der Waals surface area contributed by atoms with Gasteiger partial charge in [0.1, 0.15) is 11.5 Å². The molecule has 1 N–H and O–H groups in total. The second-order valence-corrected chi connectivity index (χ2v) is 6.33. The van der Waals surface area contributed by atoms with E-state index in [2.05, 4.69) is 12.2 Å². The quantitative estimate of drug-likeness (QED) is 0.576. The van der Waals surface area contributed by atoms with Gasteiger partial charge in [-0.3, -0.25) is 4.79 Å². The molecule has 0 radical (unpaired) electrons. The van der Waals surface area contributed by atoms with Crippen molar-refractivity contribution in [2.75, 3.05) is 18.5 Å². The fourth-order valence-corrected chi connectivity index (χ4v) is 2.56. The summed E-state index contributed by atoms with van der Waals surface area (Å²) in [4.78, 5) is 11.9. The summed E-state index contributed by atoms with van der Waals surface area (Å²) in [6, 6.07) is 12.1. The number of carbonyl (C=O) groups excluding carboxylic acids is 1. The molecule has 0 aromatic heterocycles. The van der Waals surface area contributed by atoms with E-state index in [1.165, 1.54) is 6.42 Å². The van der Waals surface area contributed by atoms with Crippen molar-refractivity contribution in [1.29, 1.82) is 0 Å². The average molecular weight is 382 g/mol. The molecule has 0 aliphatic rings. The molecule has 0 atom stereocenters. The molecular formula is C19H21Cl2NO3. The number of hydrogen-bond acceptors (Lipinski definition) is 3. The van der Waals surface area contributed by atoms with Crippen molar-refractivity contribution in [2.24, 2.45) is 0 Å². The fourth-order valence-electron chi connectivity index (χ4n) is 2.10. The van der Waals surface area contributed by atoms with E-state index in [-0.39, 0.29) is 12.5 Å². The van der Waals surface area contributed by atoms with Crippen LogP contribution in [0.3, 0.4) is 0 Å². The van der Waals surface area contributed by atoms with Gasteiger partial charge in [0.25, 0.3) is 5.91 Å². The molecular weight excluding hydrogens is 361 g/mol. The molecule has 0 saturated heterocycles. The monoisotopic (exact) mass is 381 g/mol. The van der Waals surface area contributed by atoms with Crippen molar-refractivity contribution < 1.29 is 14.3 Å². The first kappa shape index (κ1) is 19.4. The number of amides is 1. The van der Waals surface area contributed by atoms with E-state index >= 15 is 0 Å². The van der Waals surface area contributed by atoms with Gasteiger partial charge in [0.15, 0.2) is 6.61 Å². The molecule has 0 spiro atoms. The Morgan fingerprint density at radius 2 is 1.68 bits per heavy atom. The molecule has 134 valence electrons. The first-order valence-corrected chi connectivity index (χ1v) is 8.94. The summed E-state index contributed by atoms with van der Waals surface area (Å²) >= 11 is 11.8. The summed E-state index contributed by atoms with van der Waals surface area (Å²) in [5, 5.41) is 3.57. The molecule has 1 amide bonds. The zero-order valence-electron chi connectivity index (χ0n) is 14.1. The van der Waals surface area contributed by atoms with Gasteiger partial charge in [-0.25, -0.2) is 0 Å². The van der Waals surface area contributed by atoms with Gasteiger partial charge in [-0.1, -0.05) is 43.0 Å². The standard InChI is InChI=1S/C19H21Cl2NO3/c1-2-3-4-11-24-15-6-8-16(9-7-15)25-13-19(23)22-18-10-5-14(20)12-17(18)21/h5-10,12H,2-4,11,13H2,1H3,(H,22,23). The van der Waals surface area contributed by atoms with Gasteiger partial charge >= 0.3 is 0 Å². The molecule has 0 heterocycles. The van der Waals surface area contributed by atoms with Gasteiger partial charge in [0.2, 0.25) is 0 Å². The summed E-state index contributed by atoms with van der Waals surface area (Å²) in [5.74, 6) is 1.09. The smallest absolute Gasteiger partial charge is 0.262 e. The van der Waals surface area contributed by atoms with E-state index in [1.807, 2.05) is 12.1 Å². The number of hydrogen-bond donors (Lipinski definition) is 1. The minimum atomic E-state index is -0.302. The van der Waals surface area contributed by atoms with Crippen LogP contribution in [0, 0.1) is 0 Å². The molecule has 0 aliphatic carbocycles. The van der Waals surface area contributed by atoms with Crippen molar-refractivity contribution in [1.82, 2.24) is 0 Å². The number of carbonyl (C=O) groups is 1. The van der Waals surface area contributed by atoms with E-state index < -0.39 is 0 Å². The van der Waals surface area contributed by atoms with Crippen molar-refractivity contribution >= 4 is 34.8 Å². The van der Waals surface area contributed by atoms with Gasteiger partial charge < -0.3 is 14.8 Å². The van der Waals surface area contributed by atoms with Crippen LogP contribution < -0.4 is 14.8 Å². The molecule has 0 saturated carbocycles. The van der Waals surface area contributed by atoms with Crippen molar-refractivity contribution in [3.05, 3.63) is 52.5 Å². The Morgan fingerprint density at radius 1 is 1.00 bits per heavy atom. The Kier molecular flexibility index (Phi) is 7.89. The number of anilines is 1. The van der Waals surface area contributed by atoms with Crippen LogP contribution in [0.1, 0.15) is 26.2 Å². The first-order valence-electron chi connectivity index (χ1n) is 8.19. The van der Waals surface area contributed by atoms with Crippen LogP contribution in [-0.2, 0) is 4.79 Å². The van der Waals surface area contributed by atoms with Crippen LogP contribution in [0.2, 0.25) is 10.0 Å². The average Bonchev–Trinajstić information content (AvgIpc) is 2.60. The third kappa shape index (κ3) is 6.85. The first-order chi connectivity index (χ1) is 12.1. The van der Waals surface area contributed by atoms with E-state index in [9.17, 15) is 4.79 Å². The predicted octanol–water partition coefficient (Wildman–Crippen LogP) is 5.58. The van der Waals surface area contributed by atoms with Gasteiger partial charge in [0.05, 0.1) is 17.3 Å². The SMILES string of the molecule is CCCCCOc1ccc(OCC(=O)Nc2ccc(Cl)cc2Cl)cc1. The maximum Gasteiger partial charge on any atom is 0.262 e. The molecule has 2 aromatic rings. The number of rotatable bonds is 9. The molecule has 2 rings (SSSR count). The van der Waals surface area contributed by atoms with Gasteiger partial charge in [-0.05, 0) is 48.9 Å². The van der Waals surface area contributed by atoms with E-state index in [0.717, 1.165) is 18.6 Å². The van der Waals surface area contributed by atoms with Crippen LogP contribution in [-0.4, -0.2) is 19.1 Å². The minimum absolute atomic E-state index is 0.115. The number of benzene rings is 2. The lowest BCUT2D eigenvalue weighted by molar-refractivity contribution is -0.118. The third-order valence-corrected chi connectivity index (χ3v) is 3.96. The van der Waals surface area contributed by atoms with Crippen LogP contribution in [0.4, 0.5) is 5.69 Å². The van der Waals surface area contributed by atoms with Crippen LogP contribution in [0.5, 0.6) is 11.5 Å². The lowest BCUT2D eigenvalue weighted by Gasteiger charge is -2.10. The number of halogens is 2. The Hall–Kier alpha value is -1.91. The molecule has 2 aromatic carbocycles. The summed E-state index contributed by atoms with van der Waals surface area (Å²) in [7, 11) is 0. The van der Waals surface area contributed by atoms with Crippen molar-refractivity contribution in [3.63, 3.8) is 0 Å². The lowest BCUT2D eigenvalue weighted by atomic mass is 10.3. The summed E-state index contributed by atoms with van der Waals surface area (Å²) in [6.07, 6.45) is 3.37. The fraction of sp³-hybridized carbons (Fsp3) is 0.316. The number of unbranched alkanes of at least 4 members (excludes halogenated alkanes) is 2. The highest BCUT2D eigenvalue weighted by Gasteiger charge is 2.07. The van der Waals surface area contributed by atoms with Gasteiger partial charge in [-0.15, -0.1) is 0 Å². The molecule has 0 fully saturated rings. The highest BCUT2D eigenvalue weighted by atomic mass is 35.5. The highest BCUT2D eigenvalue weighted by Crippen LogP contribution is 2.25. The molecule has 0 bridgehead atoms. The lowest BCUT2D eigenvalue weighted by Crippen LogP contribution is -2.20. The maximum atomic E-state index is 11.9. The topological polar surface area (TPSA) is 47.6 Å². The normalized spacial score (nSPS) is 10.4. The van der Waals surface area contributed by atoms with Crippen molar-refractivity contribution in [2.45, 2.75) is 26.2 Å². The van der Waals surface area contributed by atoms with Gasteiger partial charge in [0, 0.05) is 5.02 Å². The van der Waals surface area contributed by atoms with Crippen LogP contribution >= 0.6 is 23.2 Å². The molecule has 4 nitrogen and oxygen atoms in total. The molecule has 0 unspecified atom stereocenters. The Morgan fingerprint density at radius 3 is 2.32 bits per heavy atom. The van der Waals surface area contributed by atoms with Gasteiger partial charge in [-0.2, -0.15) is 0 Å². The second-order valence-electron chi connectivity index (χ2n) is 5.49. The van der Waals surface area contributed by atoms with E-state index in [4.69, 9.17) is 32.7 Å². The minimum Gasteiger partial charge on any atom is -0.494 e. The third-order valence-electron chi connectivity index (χ3n) is 3.42. The Labute approximate surface area is 158 Å². The number of nitrogens with one attached hydrogen (secondary N) is 1. The second kappa shape index (κ2) is 10.2. The van der Waals surface area contributed by atoms with Crippen LogP contribution in [0.25, 0.3) is 0 Å². The largest absolute Gasteiger partial charge is 0.494 e. The highest BCUT2D eigenvalue weighted by molar-refractivity contribution is 6.36. The summed E-state index contributed by atoms with van der Waals surface area (Å²) in [6.45, 7) is 2.75. The Balaban J connectivity index is 1.77. The molecule has 25 heavy (non-hydrogen) atoms. The maximum absolute atomic E-state index is 11.9. The van der Waals surface area contributed by atoms with E-state index in [0.29, 0.717) is 28.1 Å².